The zero-order valence-corrected chi connectivity index (χ0v) is 14.0. The van der Waals surface area contributed by atoms with E-state index in [2.05, 4.69) is 0 Å². The molecule has 2 N–H and O–H groups in total. The number of nitrogen functional groups attached to an aromatic ring is 1. The summed E-state index contributed by atoms with van der Waals surface area (Å²) in [5, 5.41) is 0. The van der Waals surface area contributed by atoms with Crippen molar-refractivity contribution in [3.63, 3.8) is 0 Å². The Hall–Kier alpha value is -2.24. The number of ether oxygens (including phenoxy) is 2. The molecular formula is C17H23FN2O3. The van der Waals surface area contributed by atoms with Crippen molar-refractivity contribution in [1.29, 1.82) is 0 Å². The Balaban J connectivity index is 2.18. The van der Waals surface area contributed by atoms with Gasteiger partial charge in [-0.25, -0.2) is 9.18 Å². The van der Waals surface area contributed by atoms with Gasteiger partial charge >= 0.3 is 6.09 Å². The van der Waals surface area contributed by atoms with Crippen molar-refractivity contribution in [2.45, 2.75) is 32.8 Å². The molecule has 0 atom stereocenters. The maximum atomic E-state index is 14.3. The van der Waals surface area contributed by atoms with E-state index in [1.165, 1.54) is 13.2 Å². The highest BCUT2D eigenvalue weighted by atomic mass is 19.1. The number of nitrogens with two attached hydrogens (primary N) is 1. The number of hydrogen-bond acceptors (Lipinski definition) is 4. The van der Waals surface area contributed by atoms with Crippen molar-refractivity contribution in [3.05, 3.63) is 29.6 Å². The van der Waals surface area contributed by atoms with Gasteiger partial charge in [-0.15, -0.1) is 0 Å². The lowest BCUT2D eigenvalue weighted by Crippen LogP contribution is -2.39. The molecule has 23 heavy (non-hydrogen) atoms. The third-order valence-electron chi connectivity index (χ3n) is 3.48. The van der Waals surface area contributed by atoms with Gasteiger partial charge in [0.05, 0.1) is 12.7 Å². The molecule has 0 saturated heterocycles. The number of rotatable bonds is 2. The highest BCUT2D eigenvalue weighted by molar-refractivity contribution is 5.76. The first kappa shape index (κ1) is 17.1. The number of carbonyl (C=O) groups is 1. The third kappa shape index (κ3) is 4.15. The Morgan fingerprint density at radius 2 is 2.04 bits per heavy atom. The molecule has 126 valence electrons. The van der Waals surface area contributed by atoms with Crippen molar-refractivity contribution in [3.8, 4) is 5.75 Å². The summed E-state index contributed by atoms with van der Waals surface area (Å²) in [6, 6.07) is 2.87. The first-order chi connectivity index (χ1) is 10.7. The lowest BCUT2D eigenvalue weighted by molar-refractivity contribution is 0.0270. The molecule has 0 spiro atoms. The van der Waals surface area contributed by atoms with Crippen molar-refractivity contribution >= 4 is 17.4 Å². The lowest BCUT2D eigenvalue weighted by Gasteiger charge is -2.30. The van der Waals surface area contributed by atoms with Gasteiger partial charge in [0.2, 0.25) is 0 Å². The minimum atomic E-state index is -0.534. The van der Waals surface area contributed by atoms with Gasteiger partial charge in [-0.05, 0) is 38.8 Å². The smallest absolute Gasteiger partial charge is 0.410 e. The van der Waals surface area contributed by atoms with Gasteiger partial charge in [0.25, 0.3) is 0 Å². The summed E-state index contributed by atoms with van der Waals surface area (Å²) in [4.78, 5) is 13.6. The van der Waals surface area contributed by atoms with E-state index in [1.807, 2.05) is 26.8 Å². The van der Waals surface area contributed by atoms with Gasteiger partial charge in [-0.2, -0.15) is 0 Å². The fraction of sp³-hybridized carbons (Fsp3) is 0.471. The number of hydrogen-bond donors (Lipinski definition) is 1. The SMILES string of the molecule is COc1cc(N)cc(F)c1C1=CCN(C(=O)OC(C)(C)C)CC1. The average Bonchev–Trinajstić information content (AvgIpc) is 2.45. The van der Waals surface area contributed by atoms with Gasteiger partial charge in [0.1, 0.15) is 17.2 Å². The van der Waals surface area contributed by atoms with E-state index in [0.717, 1.165) is 5.57 Å². The summed E-state index contributed by atoms with van der Waals surface area (Å²) in [5.41, 5.74) is 6.64. The zero-order chi connectivity index (χ0) is 17.2. The highest BCUT2D eigenvalue weighted by Crippen LogP contribution is 2.34. The second kappa shape index (κ2) is 6.48. The van der Waals surface area contributed by atoms with Crippen LogP contribution in [-0.2, 0) is 4.74 Å². The number of carbonyl (C=O) groups excluding carboxylic acids is 1. The summed E-state index contributed by atoms with van der Waals surface area (Å²) in [7, 11) is 1.48. The predicted molar refractivity (Wildman–Crippen MR) is 87.8 cm³/mol. The van der Waals surface area contributed by atoms with Crippen LogP contribution in [0.4, 0.5) is 14.9 Å². The summed E-state index contributed by atoms with van der Waals surface area (Å²) in [6.07, 6.45) is 1.98. The van der Waals surface area contributed by atoms with Crippen LogP contribution in [0.3, 0.4) is 0 Å². The quantitative estimate of drug-likeness (QED) is 0.847. The van der Waals surface area contributed by atoms with Crippen molar-refractivity contribution in [2.24, 2.45) is 0 Å². The fourth-order valence-corrected chi connectivity index (χ4v) is 2.46. The molecule has 1 aromatic carbocycles. The normalized spacial score (nSPS) is 15.2. The molecule has 6 heteroatoms. The number of nitrogens with zero attached hydrogens (tertiary/aromatic N) is 1. The molecule has 1 heterocycles. The Labute approximate surface area is 135 Å². The standard InChI is InChI=1S/C17H23FN2O3/c1-17(2,3)23-16(21)20-7-5-11(6-8-20)15-13(18)9-12(19)10-14(15)22-4/h5,9-10H,6-8,19H2,1-4H3. The third-order valence-corrected chi connectivity index (χ3v) is 3.48. The van der Waals surface area contributed by atoms with Crippen molar-refractivity contribution in [1.82, 2.24) is 4.90 Å². The minimum absolute atomic E-state index is 0.315. The first-order valence-electron chi connectivity index (χ1n) is 7.51. The van der Waals surface area contributed by atoms with Crippen LogP contribution in [-0.4, -0.2) is 36.8 Å². The predicted octanol–water partition coefficient (Wildman–Crippen LogP) is 3.44. The number of methoxy groups -OCH3 is 1. The Bertz CT molecular complexity index is 635. The summed E-state index contributed by atoms with van der Waals surface area (Å²) < 4.78 is 24.8. The molecular weight excluding hydrogens is 299 g/mol. The molecule has 5 nitrogen and oxygen atoms in total. The fourth-order valence-electron chi connectivity index (χ4n) is 2.46. The molecule has 2 rings (SSSR count). The molecule has 1 aromatic rings. The van der Waals surface area contributed by atoms with Crippen LogP contribution in [0.15, 0.2) is 18.2 Å². The molecule has 0 saturated carbocycles. The molecule has 0 aliphatic carbocycles. The van der Waals surface area contributed by atoms with E-state index in [-0.39, 0.29) is 6.09 Å². The molecule has 0 unspecified atom stereocenters. The summed E-state index contributed by atoms with van der Waals surface area (Å²) >= 11 is 0. The van der Waals surface area contributed by atoms with E-state index >= 15 is 0 Å². The van der Waals surface area contributed by atoms with Crippen LogP contribution in [0.25, 0.3) is 5.57 Å². The van der Waals surface area contributed by atoms with Gasteiger partial charge in [0.15, 0.2) is 0 Å². The van der Waals surface area contributed by atoms with Crippen LogP contribution in [0.1, 0.15) is 32.8 Å². The van der Waals surface area contributed by atoms with Crippen LogP contribution < -0.4 is 10.5 Å². The number of anilines is 1. The van der Waals surface area contributed by atoms with E-state index in [4.69, 9.17) is 15.2 Å². The Morgan fingerprint density at radius 1 is 1.35 bits per heavy atom. The molecule has 0 radical (unpaired) electrons. The number of benzene rings is 1. The molecule has 1 amide bonds. The first-order valence-corrected chi connectivity index (χ1v) is 7.51. The van der Waals surface area contributed by atoms with Gasteiger partial charge in [-0.1, -0.05) is 6.08 Å². The van der Waals surface area contributed by atoms with Gasteiger partial charge in [-0.3, -0.25) is 0 Å². The lowest BCUT2D eigenvalue weighted by atomic mass is 9.97. The van der Waals surface area contributed by atoms with Crippen LogP contribution in [0.2, 0.25) is 0 Å². The van der Waals surface area contributed by atoms with Gasteiger partial charge in [0, 0.05) is 24.8 Å². The molecule has 1 aliphatic heterocycles. The minimum Gasteiger partial charge on any atom is -0.496 e. The van der Waals surface area contributed by atoms with E-state index in [9.17, 15) is 9.18 Å². The molecule has 0 fully saturated rings. The Kier molecular flexibility index (Phi) is 4.82. The zero-order valence-electron chi connectivity index (χ0n) is 14.0. The molecule has 0 bridgehead atoms. The highest BCUT2D eigenvalue weighted by Gasteiger charge is 2.25. The topological polar surface area (TPSA) is 64.8 Å². The maximum absolute atomic E-state index is 14.3. The average molecular weight is 322 g/mol. The largest absolute Gasteiger partial charge is 0.496 e. The van der Waals surface area contributed by atoms with Crippen LogP contribution >= 0.6 is 0 Å². The Morgan fingerprint density at radius 3 is 2.57 bits per heavy atom. The number of halogens is 1. The maximum Gasteiger partial charge on any atom is 0.410 e. The van der Waals surface area contributed by atoms with Crippen molar-refractivity contribution < 1.29 is 18.7 Å². The second-order valence-electron chi connectivity index (χ2n) is 6.49. The van der Waals surface area contributed by atoms with E-state index < -0.39 is 11.4 Å². The van der Waals surface area contributed by atoms with Crippen LogP contribution in [0, 0.1) is 5.82 Å². The summed E-state index contributed by atoms with van der Waals surface area (Å²) in [5.74, 6) is -0.0155. The van der Waals surface area contributed by atoms with E-state index in [0.29, 0.717) is 36.5 Å². The second-order valence-corrected chi connectivity index (χ2v) is 6.49. The molecule has 0 aromatic heterocycles. The number of amides is 1. The molecule has 1 aliphatic rings. The summed E-state index contributed by atoms with van der Waals surface area (Å²) in [6.45, 7) is 6.31. The van der Waals surface area contributed by atoms with E-state index in [1.54, 1.807) is 11.0 Å². The van der Waals surface area contributed by atoms with Gasteiger partial charge < -0.3 is 20.1 Å². The van der Waals surface area contributed by atoms with Crippen molar-refractivity contribution in [2.75, 3.05) is 25.9 Å². The van der Waals surface area contributed by atoms with Crippen LogP contribution in [0.5, 0.6) is 5.75 Å². The monoisotopic (exact) mass is 322 g/mol.